The van der Waals surface area contributed by atoms with Crippen LogP contribution in [0, 0.1) is 11.3 Å². The maximum Gasteiger partial charge on any atom is 0.449 e. The molecule has 264 valence electrons. The quantitative estimate of drug-likeness (QED) is 0.362. The van der Waals surface area contributed by atoms with Crippen LogP contribution in [0.1, 0.15) is 88.2 Å². The van der Waals surface area contributed by atoms with Crippen LogP contribution in [0.3, 0.4) is 0 Å². The van der Waals surface area contributed by atoms with E-state index < -0.39 is 12.0 Å². The van der Waals surface area contributed by atoms with Crippen LogP contribution in [-0.2, 0) is 35.9 Å². The lowest BCUT2D eigenvalue weighted by molar-refractivity contribution is -0.906. The van der Waals surface area contributed by atoms with Gasteiger partial charge >= 0.3 is 6.18 Å². The molecule has 4 heterocycles. The van der Waals surface area contributed by atoms with Crippen LogP contribution in [0.15, 0.2) is 35.3 Å². The molecule has 0 bridgehead atoms. The predicted molar refractivity (Wildman–Crippen MR) is 179 cm³/mol. The number of Topliss-reactive ketones (excluding diaryl/α,β-unsaturated/α-hetero) is 2. The predicted octanol–water partition coefficient (Wildman–Crippen LogP) is 4.36. The van der Waals surface area contributed by atoms with Crippen LogP contribution in [0.25, 0.3) is 11.4 Å². The van der Waals surface area contributed by atoms with Crippen molar-refractivity contribution >= 4 is 23.0 Å². The summed E-state index contributed by atoms with van der Waals surface area (Å²) < 4.78 is 34.1. The Hall–Kier alpha value is -3.84. The molecule has 1 aliphatic carbocycles. The number of rotatable bonds is 8. The van der Waals surface area contributed by atoms with E-state index in [9.17, 15) is 27.9 Å². The Bertz CT molecular complexity index is 1670. The van der Waals surface area contributed by atoms with Crippen molar-refractivity contribution in [3.8, 4) is 11.4 Å². The molecule has 1 fully saturated rings. The summed E-state index contributed by atoms with van der Waals surface area (Å²) >= 11 is 0. The Morgan fingerprint density at radius 3 is 2.33 bits per heavy atom. The molecule has 3 aromatic rings. The maximum atomic E-state index is 13.8. The topological polar surface area (TPSA) is 128 Å². The molecule has 2 aromatic heterocycles. The summed E-state index contributed by atoms with van der Waals surface area (Å²) in [6.45, 7) is 10.4. The van der Waals surface area contributed by atoms with Crippen molar-refractivity contribution in [3.63, 3.8) is 0 Å². The molecule has 2 aliphatic heterocycles. The van der Waals surface area contributed by atoms with Gasteiger partial charge in [0.2, 0.25) is 5.78 Å². The lowest BCUT2D eigenvalue weighted by Crippen LogP contribution is -3.13. The number of benzene rings is 1. The maximum absolute atomic E-state index is 13.8. The molecule has 6 rings (SSSR count). The number of nitrogens with one attached hydrogen (secondary N) is 1. The van der Waals surface area contributed by atoms with Crippen LogP contribution < -0.4 is 4.90 Å². The first-order valence-corrected chi connectivity index (χ1v) is 17.1. The number of hydrogen-bond acceptors (Lipinski definition) is 8. The number of likely N-dealkylation sites (tertiary alicyclic amines) is 1. The zero-order chi connectivity index (χ0) is 35.5. The Morgan fingerprint density at radius 2 is 1.73 bits per heavy atom. The third-order valence-electron chi connectivity index (χ3n) is 10.2. The molecule has 0 amide bonds. The van der Waals surface area contributed by atoms with E-state index in [4.69, 9.17) is 9.98 Å². The van der Waals surface area contributed by atoms with Crippen molar-refractivity contribution in [1.29, 1.82) is 0 Å². The molecule has 0 saturated carbocycles. The fraction of sp³-hybridized carbons (Fsp3) is 0.583. The number of ketones is 2. The highest BCUT2D eigenvalue weighted by atomic mass is 19.4. The third kappa shape index (κ3) is 9.24. The standard InChI is InChI=1S/C33H43N7O2.C3H3F3O/c1-33(2,3)25-9-10-27-24(17-25)18-28-29(34-27)20-30(35-28)31(42)19-23(11-14-40-15-12-26(41)13-16-40)21-5-7-22(8-6-21)32-36-37-38-39(32)4;1-2(7)3(4,5)6/h5-8,18,23,25-26,41H,9-17,19-20H2,1-4H3;1H3/p+1/t23-,25-;/m0./s1. The molecule has 1 aromatic carbocycles. The molecule has 13 heteroatoms. The van der Waals surface area contributed by atoms with Crippen molar-refractivity contribution in [1.82, 2.24) is 25.2 Å². The number of hydrogen-bond donors (Lipinski definition) is 2. The van der Waals surface area contributed by atoms with Gasteiger partial charge in [-0.1, -0.05) is 45.0 Å². The number of halogens is 3. The molecular formula is C36H47F3N7O3+. The molecule has 0 radical (unpaired) electrons. The smallest absolute Gasteiger partial charge is 0.393 e. The number of nitrogens with zero attached hydrogens (tertiary/aromatic N) is 6. The Labute approximate surface area is 285 Å². The van der Waals surface area contributed by atoms with Crippen LogP contribution in [0.4, 0.5) is 18.9 Å². The second-order valence-corrected chi connectivity index (χ2v) is 14.7. The monoisotopic (exact) mass is 682 g/mol. The number of aryl methyl sites for hydroxylation is 2. The van der Waals surface area contributed by atoms with E-state index >= 15 is 0 Å². The minimum absolute atomic E-state index is 0.0867. The summed E-state index contributed by atoms with van der Waals surface area (Å²) in [5.74, 6) is -0.198. The summed E-state index contributed by atoms with van der Waals surface area (Å²) in [7, 11) is 1.83. The molecule has 2 N–H and O–H groups in total. The number of tetrazole rings is 1. The lowest BCUT2D eigenvalue weighted by Gasteiger charge is -2.34. The van der Waals surface area contributed by atoms with Gasteiger partial charge in [-0.2, -0.15) is 13.2 Å². The fourth-order valence-electron chi connectivity index (χ4n) is 6.91. The average molecular weight is 683 g/mol. The first-order valence-electron chi connectivity index (χ1n) is 17.1. The van der Waals surface area contributed by atoms with E-state index in [1.165, 1.54) is 22.6 Å². The van der Waals surface area contributed by atoms with Gasteiger partial charge in [-0.05, 0) is 64.1 Å². The summed E-state index contributed by atoms with van der Waals surface area (Å²) in [6, 6.07) is 10.5. The van der Waals surface area contributed by atoms with Gasteiger partial charge in [0.05, 0.1) is 42.8 Å². The van der Waals surface area contributed by atoms with Crippen molar-refractivity contribution in [2.45, 2.75) is 97.3 Å². The van der Waals surface area contributed by atoms with E-state index in [0.29, 0.717) is 37.2 Å². The zero-order valence-electron chi connectivity index (χ0n) is 29.0. The highest BCUT2D eigenvalue weighted by molar-refractivity contribution is 6.41. The summed E-state index contributed by atoms with van der Waals surface area (Å²) in [5, 5.41) is 21.8. The highest BCUT2D eigenvalue weighted by Crippen LogP contribution is 2.39. The number of aromatic nitrogens is 5. The van der Waals surface area contributed by atoms with Crippen molar-refractivity contribution in [2.24, 2.45) is 23.4 Å². The van der Waals surface area contributed by atoms with Crippen LogP contribution in [-0.4, -0.2) is 79.5 Å². The van der Waals surface area contributed by atoms with Crippen molar-refractivity contribution < 1.29 is 32.8 Å². The third-order valence-corrected chi connectivity index (χ3v) is 10.2. The van der Waals surface area contributed by atoms with Gasteiger partial charge in [-0.25, -0.2) is 9.67 Å². The number of aliphatic hydroxyl groups is 1. The van der Waals surface area contributed by atoms with E-state index in [-0.39, 0.29) is 23.2 Å². The van der Waals surface area contributed by atoms with E-state index in [2.05, 4.69) is 54.5 Å². The van der Waals surface area contributed by atoms with Crippen LogP contribution in [0.2, 0.25) is 0 Å². The average Bonchev–Trinajstić information content (AvgIpc) is 3.67. The number of piperidine rings is 1. The second-order valence-electron chi connectivity index (χ2n) is 14.7. The molecular weight excluding hydrogens is 635 g/mol. The van der Waals surface area contributed by atoms with Gasteiger partial charge in [0.25, 0.3) is 0 Å². The zero-order valence-corrected chi connectivity index (χ0v) is 29.0. The Kier molecular flexibility index (Phi) is 11.1. The SMILES string of the molecule is CC(=O)C(F)(F)F.Cn1nnnc1-c1ccc([C@@H](CC[NH+]2CCC(O)CC2)CC(=O)C2=Nc3cc4c(nc3C2)CC[C@H](C(C)(C)C)C4)cc1. The second kappa shape index (κ2) is 15.0. The number of alkyl halides is 3. The lowest BCUT2D eigenvalue weighted by atomic mass is 9.71. The van der Waals surface area contributed by atoms with Gasteiger partial charge < -0.3 is 10.0 Å². The van der Waals surface area contributed by atoms with Gasteiger partial charge in [-0.3, -0.25) is 14.6 Å². The number of aliphatic imine (C=N–C) groups is 1. The number of carbonyl (C=O) groups excluding carboxylic acids is 2. The van der Waals surface area contributed by atoms with E-state index in [1.54, 1.807) is 4.68 Å². The van der Waals surface area contributed by atoms with Crippen molar-refractivity contribution in [3.05, 3.63) is 52.8 Å². The van der Waals surface area contributed by atoms with Crippen LogP contribution >= 0.6 is 0 Å². The van der Waals surface area contributed by atoms with Gasteiger partial charge in [-0.15, -0.1) is 5.10 Å². The molecule has 49 heavy (non-hydrogen) atoms. The number of aliphatic hydroxyl groups excluding tert-OH is 1. The van der Waals surface area contributed by atoms with Gasteiger partial charge in [0.1, 0.15) is 0 Å². The molecule has 0 spiro atoms. The number of quaternary nitrogens is 1. The molecule has 1 saturated heterocycles. The molecule has 10 nitrogen and oxygen atoms in total. The summed E-state index contributed by atoms with van der Waals surface area (Å²) in [6.07, 6.45) is 1.97. The Balaban J connectivity index is 0.000000606. The minimum Gasteiger partial charge on any atom is -0.393 e. The van der Waals surface area contributed by atoms with Crippen LogP contribution in [0.5, 0.6) is 0 Å². The fourth-order valence-corrected chi connectivity index (χ4v) is 6.91. The highest BCUT2D eigenvalue weighted by Gasteiger charge is 2.34. The molecule has 0 unspecified atom stereocenters. The van der Waals surface area contributed by atoms with Gasteiger partial charge in [0.15, 0.2) is 11.6 Å². The van der Waals surface area contributed by atoms with Gasteiger partial charge in [0, 0.05) is 57.3 Å². The molecule has 2 atom stereocenters. The number of fused-ring (bicyclic) bond motifs is 2. The minimum atomic E-state index is -4.64. The molecule has 3 aliphatic rings. The van der Waals surface area contributed by atoms with E-state index in [1.807, 2.05) is 19.2 Å². The largest absolute Gasteiger partial charge is 0.449 e. The normalized spacial score (nSPS) is 21.2. The first-order chi connectivity index (χ1) is 23.1. The number of carbonyl (C=O) groups is 2. The number of pyridine rings is 1. The first kappa shape index (κ1) is 36.4. The van der Waals surface area contributed by atoms with Crippen molar-refractivity contribution in [2.75, 3.05) is 19.6 Å². The summed E-state index contributed by atoms with van der Waals surface area (Å²) in [5.41, 5.74) is 7.37. The summed E-state index contributed by atoms with van der Waals surface area (Å²) in [4.78, 5) is 34.5. The van der Waals surface area contributed by atoms with E-state index in [0.717, 1.165) is 74.2 Å². The Morgan fingerprint density at radius 1 is 1.06 bits per heavy atom.